The van der Waals surface area contributed by atoms with Gasteiger partial charge < -0.3 is 30.2 Å². The Morgan fingerprint density at radius 3 is 2.87 bits per heavy atom. The molecule has 1 aliphatic rings. The van der Waals surface area contributed by atoms with E-state index in [1.807, 2.05) is 24.4 Å². The maximum absolute atomic E-state index is 14.9. The second-order valence-electron chi connectivity index (χ2n) is 8.76. The zero-order valence-corrected chi connectivity index (χ0v) is 21.6. The summed E-state index contributed by atoms with van der Waals surface area (Å²) in [6.07, 6.45) is 4.23. The van der Waals surface area contributed by atoms with Crippen LogP contribution in [0.2, 0.25) is 0 Å². The molecule has 3 N–H and O–H groups in total. The molecular formula is C27H28FN5O4S. The van der Waals surface area contributed by atoms with Gasteiger partial charge >= 0.3 is 6.03 Å². The molecule has 3 aromatic heterocycles. The van der Waals surface area contributed by atoms with Crippen molar-refractivity contribution in [2.24, 2.45) is 0 Å². The number of anilines is 1. The van der Waals surface area contributed by atoms with E-state index in [2.05, 4.69) is 25.9 Å². The fraction of sp³-hybridized carbons (Fsp3) is 0.296. The Bertz CT molecular complexity index is 1390. The number of amides is 2. The van der Waals surface area contributed by atoms with E-state index in [1.165, 1.54) is 23.5 Å². The van der Waals surface area contributed by atoms with Gasteiger partial charge in [-0.2, -0.15) is 0 Å². The lowest BCUT2D eigenvalue weighted by Gasteiger charge is -2.13. The quantitative estimate of drug-likeness (QED) is 0.246. The monoisotopic (exact) mass is 537 g/mol. The van der Waals surface area contributed by atoms with E-state index in [0.717, 1.165) is 39.3 Å². The van der Waals surface area contributed by atoms with E-state index in [-0.39, 0.29) is 11.8 Å². The molecule has 198 valence electrons. The van der Waals surface area contributed by atoms with E-state index in [4.69, 9.17) is 14.2 Å². The Balaban J connectivity index is 1.26. The number of thiophene rings is 1. The van der Waals surface area contributed by atoms with Gasteiger partial charge in [0.05, 0.1) is 40.0 Å². The van der Waals surface area contributed by atoms with Crippen LogP contribution >= 0.6 is 11.3 Å². The molecule has 4 aromatic rings. The van der Waals surface area contributed by atoms with Crippen molar-refractivity contribution in [1.82, 2.24) is 20.6 Å². The van der Waals surface area contributed by atoms with E-state index in [9.17, 15) is 9.18 Å². The molecule has 11 heteroatoms. The predicted molar refractivity (Wildman–Crippen MR) is 144 cm³/mol. The van der Waals surface area contributed by atoms with Gasteiger partial charge in [-0.15, -0.1) is 11.3 Å². The highest BCUT2D eigenvalue weighted by atomic mass is 32.1. The zero-order valence-electron chi connectivity index (χ0n) is 20.8. The van der Waals surface area contributed by atoms with Crippen molar-refractivity contribution in [3.63, 3.8) is 0 Å². The van der Waals surface area contributed by atoms with Crippen LogP contribution in [0.15, 0.2) is 54.9 Å². The number of methoxy groups -OCH3 is 1. The first-order chi connectivity index (χ1) is 18.6. The van der Waals surface area contributed by atoms with Crippen LogP contribution in [-0.2, 0) is 16.0 Å². The minimum atomic E-state index is -0.592. The molecule has 0 bridgehead atoms. The number of benzene rings is 1. The maximum atomic E-state index is 14.9. The number of halogens is 1. The van der Waals surface area contributed by atoms with Gasteiger partial charge in [0.25, 0.3) is 0 Å². The maximum Gasteiger partial charge on any atom is 0.319 e. The smallest absolute Gasteiger partial charge is 0.319 e. The molecular weight excluding hydrogens is 509 g/mol. The summed E-state index contributed by atoms with van der Waals surface area (Å²) in [6.45, 7) is 3.24. The molecule has 38 heavy (non-hydrogen) atoms. The molecule has 4 heterocycles. The van der Waals surface area contributed by atoms with E-state index < -0.39 is 11.8 Å². The molecule has 1 aliphatic heterocycles. The number of nitrogens with one attached hydrogen (secondary N) is 3. The minimum absolute atomic E-state index is 0.0385. The fourth-order valence-corrected chi connectivity index (χ4v) is 5.03. The van der Waals surface area contributed by atoms with Crippen molar-refractivity contribution in [2.45, 2.75) is 19.0 Å². The number of carbonyl (C=O) groups is 1. The summed E-state index contributed by atoms with van der Waals surface area (Å²) in [5.74, 6) is -0.0556. The van der Waals surface area contributed by atoms with Crippen LogP contribution in [0.25, 0.3) is 20.8 Å². The number of pyridine rings is 2. The second kappa shape index (κ2) is 12.3. The third-order valence-electron chi connectivity index (χ3n) is 5.94. The van der Waals surface area contributed by atoms with Gasteiger partial charge in [-0.25, -0.2) is 9.18 Å². The molecule has 1 atom stereocenters. The fourth-order valence-electron chi connectivity index (χ4n) is 3.98. The summed E-state index contributed by atoms with van der Waals surface area (Å²) in [7, 11) is 1.68. The van der Waals surface area contributed by atoms with Crippen LogP contribution in [-0.4, -0.2) is 55.5 Å². The highest BCUT2D eigenvalue weighted by Gasteiger charge is 2.18. The Morgan fingerprint density at radius 1 is 1.18 bits per heavy atom. The van der Waals surface area contributed by atoms with Gasteiger partial charge in [-0.05, 0) is 36.2 Å². The topological polar surface area (TPSA) is 107 Å². The Labute approximate surface area is 223 Å². The summed E-state index contributed by atoms with van der Waals surface area (Å²) in [5.41, 5.74) is 2.96. The molecule has 0 aliphatic carbocycles. The lowest BCUT2D eigenvalue weighted by Crippen LogP contribution is -2.38. The van der Waals surface area contributed by atoms with Crippen molar-refractivity contribution in [3.8, 4) is 22.1 Å². The highest BCUT2D eigenvalue weighted by Crippen LogP contribution is 2.39. The van der Waals surface area contributed by atoms with Crippen molar-refractivity contribution in [3.05, 3.63) is 66.2 Å². The van der Waals surface area contributed by atoms with Gasteiger partial charge in [0.15, 0.2) is 11.6 Å². The van der Waals surface area contributed by atoms with Gasteiger partial charge in [-0.3, -0.25) is 9.97 Å². The van der Waals surface area contributed by atoms with E-state index in [0.29, 0.717) is 37.8 Å². The number of rotatable bonds is 10. The number of fused-ring (bicyclic) bond motifs is 1. The third-order valence-corrected chi connectivity index (χ3v) is 7.10. The molecule has 0 spiro atoms. The summed E-state index contributed by atoms with van der Waals surface area (Å²) >= 11 is 1.48. The third kappa shape index (κ3) is 6.43. The predicted octanol–water partition coefficient (Wildman–Crippen LogP) is 4.94. The van der Waals surface area contributed by atoms with Crippen molar-refractivity contribution in [1.29, 1.82) is 0 Å². The number of aromatic nitrogens is 2. The highest BCUT2D eigenvalue weighted by molar-refractivity contribution is 7.22. The summed E-state index contributed by atoms with van der Waals surface area (Å²) in [4.78, 5) is 22.1. The minimum Gasteiger partial charge on any atom is -0.453 e. The van der Waals surface area contributed by atoms with Crippen molar-refractivity contribution < 1.29 is 23.4 Å². The summed E-state index contributed by atoms with van der Waals surface area (Å²) < 4.78 is 31.9. The number of carbonyl (C=O) groups excluding carboxylic acids is 1. The molecule has 5 rings (SSSR count). The molecule has 1 aromatic carbocycles. The Hall–Kier alpha value is -3.64. The van der Waals surface area contributed by atoms with E-state index in [1.54, 1.807) is 25.4 Å². The molecule has 9 nitrogen and oxygen atoms in total. The van der Waals surface area contributed by atoms with Gasteiger partial charge in [0.2, 0.25) is 0 Å². The van der Waals surface area contributed by atoms with Crippen LogP contribution in [0.3, 0.4) is 0 Å². The zero-order chi connectivity index (χ0) is 26.3. The van der Waals surface area contributed by atoms with Crippen LogP contribution in [0.1, 0.15) is 12.0 Å². The molecule has 0 saturated carbocycles. The normalized spacial score (nSPS) is 15.1. The van der Waals surface area contributed by atoms with Crippen molar-refractivity contribution >= 4 is 33.3 Å². The van der Waals surface area contributed by atoms with Crippen LogP contribution in [0.5, 0.6) is 11.5 Å². The lowest BCUT2D eigenvalue weighted by molar-refractivity contribution is 0.189. The van der Waals surface area contributed by atoms with Crippen LogP contribution < -0.4 is 20.7 Å². The van der Waals surface area contributed by atoms with Gasteiger partial charge in [-0.1, -0.05) is 6.07 Å². The van der Waals surface area contributed by atoms with Crippen LogP contribution in [0.4, 0.5) is 14.9 Å². The lowest BCUT2D eigenvalue weighted by atomic mass is 10.2. The number of urea groups is 1. The Morgan fingerprint density at radius 2 is 2.11 bits per heavy atom. The molecule has 0 radical (unpaired) electrons. The standard InChI is InChI=1S/C27H28FN5O4S/c1-35-11-9-29-14-17-2-4-21(31-15-17)25-13-22-26(38-25)24(6-8-30-22)37-23-5-3-18(12-20(23)28)32-27(34)33-19-7-10-36-16-19/h2-6,8,12-13,15,19,29H,7,9-11,14,16H2,1H3,(H2,32,33,34)/t19-/m1/s1. The Kier molecular flexibility index (Phi) is 8.39. The average molecular weight is 538 g/mol. The van der Waals surface area contributed by atoms with Gasteiger partial charge in [0, 0.05) is 57.0 Å². The summed E-state index contributed by atoms with van der Waals surface area (Å²) in [5, 5.41) is 8.75. The second-order valence-corrected chi connectivity index (χ2v) is 9.81. The first-order valence-electron chi connectivity index (χ1n) is 12.3. The molecule has 0 unspecified atom stereocenters. The number of hydrogen-bond acceptors (Lipinski definition) is 8. The number of ether oxygens (including phenoxy) is 3. The molecule has 1 saturated heterocycles. The first kappa shape index (κ1) is 26.0. The van der Waals surface area contributed by atoms with Crippen molar-refractivity contribution in [2.75, 3.05) is 38.8 Å². The molecule has 2 amide bonds. The van der Waals surface area contributed by atoms with Gasteiger partial charge in [0.1, 0.15) is 5.75 Å². The summed E-state index contributed by atoms with van der Waals surface area (Å²) in [6, 6.07) is 11.5. The largest absolute Gasteiger partial charge is 0.453 e. The van der Waals surface area contributed by atoms with E-state index >= 15 is 0 Å². The SMILES string of the molecule is COCCNCc1ccc(-c2cc3nccc(Oc4ccc(NC(=O)N[C@@H]5CCOC5)cc4F)c3s2)nc1. The number of nitrogens with zero attached hydrogens (tertiary/aromatic N) is 2. The first-order valence-corrected chi connectivity index (χ1v) is 13.1. The average Bonchev–Trinajstić information content (AvgIpc) is 3.59. The van der Waals surface area contributed by atoms with Crippen LogP contribution in [0, 0.1) is 5.82 Å². The number of hydrogen-bond donors (Lipinski definition) is 3. The molecule has 1 fully saturated rings.